The number of halogens is 1. The molecular formula is C11H17ClN4. The molecule has 1 aromatic rings. The monoisotopic (exact) mass is 240 g/mol. The predicted octanol–water partition coefficient (Wildman–Crippen LogP) is 2.12. The van der Waals surface area contributed by atoms with Crippen LogP contribution >= 0.6 is 11.6 Å². The average Bonchev–Trinajstić information content (AvgIpc) is 2.27. The molecule has 0 radical (unpaired) electrons. The van der Waals surface area contributed by atoms with Gasteiger partial charge in [-0.15, -0.1) is 0 Å². The Kier molecular flexibility index (Phi) is 3.61. The van der Waals surface area contributed by atoms with Crippen LogP contribution in [0.1, 0.15) is 31.2 Å². The van der Waals surface area contributed by atoms with Crippen molar-refractivity contribution in [3.8, 4) is 0 Å². The largest absolute Gasteiger partial charge is 0.350 e. The number of nitrogens with two attached hydrogens (primary N) is 1. The summed E-state index contributed by atoms with van der Waals surface area (Å²) in [6, 6.07) is 0.463. The summed E-state index contributed by atoms with van der Waals surface area (Å²) in [7, 11) is 0. The third-order valence-electron chi connectivity index (χ3n) is 3.04. The topological polar surface area (TPSA) is 63.8 Å². The fraction of sp³-hybridized carbons (Fsp3) is 0.636. The first-order valence-corrected chi connectivity index (χ1v) is 6.06. The molecule has 1 aromatic heterocycles. The fourth-order valence-electron chi connectivity index (χ4n) is 2.00. The number of nitrogens with one attached hydrogen (secondary N) is 1. The summed E-state index contributed by atoms with van der Waals surface area (Å²) in [6.45, 7) is 1.89. The van der Waals surface area contributed by atoms with E-state index < -0.39 is 0 Å². The third kappa shape index (κ3) is 2.62. The van der Waals surface area contributed by atoms with Gasteiger partial charge in [0.15, 0.2) is 0 Å². The second-order valence-electron chi connectivity index (χ2n) is 4.37. The zero-order valence-corrected chi connectivity index (χ0v) is 10.2. The predicted molar refractivity (Wildman–Crippen MR) is 65.6 cm³/mol. The Hall–Kier alpha value is -0.870. The molecule has 16 heavy (non-hydrogen) atoms. The van der Waals surface area contributed by atoms with Gasteiger partial charge in [-0.3, -0.25) is 0 Å². The molecule has 1 heterocycles. The SMILES string of the molecule is Cc1cnc(N[C@H]2CCCC[C@@H]2N)nc1Cl. The van der Waals surface area contributed by atoms with Crippen LogP contribution in [-0.4, -0.2) is 22.1 Å². The van der Waals surface area contributed by atoms with Gasteiger partial charge in [0.25, 0.3) is 0 Å². The molecule has 1 aliphatic carbocycles. The van der Waals surface area contributed by atoms with Crippen LogP contribution in [0, 0.1) is 6.92 Å². The third-order valence-corrected chi connectivity index (χ3v) is 3.43. The molecule has 4 nitrogen and oxygen atoms in total. The summed E-state index contributed by atoms with van der Waals surface area (Å²) >= 11 is 5.95. The van der Waals surface area contributed by atoms with E-state index >= 15 is 0 Å². The first kappa shape index (κ1) is 11.6. The lowest BCUT2D eigenvalue weighted by Gasteiger charge is -2.29. The van der Waals surface area contributed by atoms with Gasteiger partial charge in [0.2, 0.25) is 5.95 Å². The van der Waals surface area contributed by atoms with E-state index in [1.165, 1.54) is 12.8 Å². The lowest BCUT2D eigenvalue weighted by Crippen LogP contribution is -2.42. The Morgan fingerprint density at radius 3 is 2.88 bits per heavy atom. The molecule has 1 fully saturated rings. The van der Waals surface area contributed by atoms with E-state index in [1.807, 2.05) is 6.92 Å². The van der Waals surface area contributed by atoms with Crippen LogP contribution in [0.3, 0.4) is 0 Å². The molecule has 2 atom stereocenters. The number of hydrogen-bond acceptors (Lipinski definition) is 4. The van der Waals surface area contributed by atoms with E-state index in [4.69, 9.17) is 17.3 Å². The van der Waals surface area contributed by atoms with E-state index in [0.29, 0.717) is 11.1 Å². The molecule has 1 aliphatic rings. The Morgan fingerprint density at radius 1 is 1.44 bits per heavy atom. The summed E-state index contributed by atoms with van der Waals surface area (Å²) in [5, 5.41) is 3.77. The van der Waals surface area contributed by atoms with Crippen LogP contribution in [0.25, 0.3) is 0 Å². The lowest BCUT2D eigenvalue weighted by molar-refractivity contribution is 0.402. The lowest BCUT2D eigenvalue weighted by atomic mass is 9.91. The second-order valence-corrected chi connectivity index (χ2v) is 4.72. The molecule has 1 saturated carbocycles. The van der Waals surface area contributed by atoms with Crippen LogP contribution in [0.15, 0.2) is 6.20 Å². The first-order valence-electron chi connectivity index (χ1n) is 5.68. The number of nitrogens with zero attached hydrogens (tertiary/aromatic N) is 2. The molecule has 0 aliphatic heterocycles. The number of hydrogen-bond donors (Lipinski definition) is 2. The maximum absolute atomic E-state index is 6.04. The van der Waals surface area contributed by atoms with Crippen molar-refractivity contribution in [1.82, 2.24) is 9.97 Å². The van der Waals surface area contributed by atoms with Crippen LogP contribution in [0.4, 0.5) is 5.95 Å². The molecule has 3 N–H and O–H groups in total. The van der Waals surface area contributed by atoms with Gasteiger partial charge >= 0.3 is 0 Å². The maximum Gasteiger partial charge on any atom is 0.224 e. The fourth-order valence-corrected chi connectivity index (χ4v) is 2.12. The summed E-state index contributed by atoms with van der Waals surface area (Å²) < 4.78 is 0. The normalized spacial score (nSPS) is 25.4. The zero-order chi connectivity index (χ0) is 11.5. The van der Waals surface area contributed by atoms with Crippen LogP contribution in [0.5, 0.6) is 0 Å². The van der Waals surface area contributed by atoms with Crippen molar-refractivity contribution < 1.29 is 0 Å². The summed E-state index contributed by atoms with van der Waals surface area (Å²) in [5.74, 6) is 0.581. The van der Waals surface area contributed by atoms with Crippen LogP contribution < -0.4 is 11.1 Å². The number of aryl methyl sites for hydroxylation is 1. The molecule has 0 amide bonds. The molecule has 0 aromatic carbocycles. The van der Waals surface area contributed by atoms with Crippen molar-refractivity contribution in [2.45, 2.75) is 44.7 Å². The molecule has 0 saturated heterocycles. The number of rotatable bonds is 2. The first-order chi connectivity index (χ1) is 7.66. The van der Waals surface area contributed by atoms with Gasteiger partial charge in [0.1, 0.15) is 5.15 Å². The summed E-state index contributed by atoms with van der Waals surface area (Å²) in [4.78, 5) is 8.39. The number of anilines is 1. The van der Waals surface area contributed by atoms with Gasteiger partial charge in [-0.2, -0.15) is 0 Å². The Morgan fingerprint density at radius 2 is 2.19 bits per heavy atom. The number of aromatic nitrogens is 2. The smallest absolute Gasteiger partial charge is 0.224 e. The maximum atomic E-state index is 6.04. The van der Waals surface area contributed by atoms with E-state index in [2.05, 4.69) is 15.3 Å². The van der Waals surface area contributed by atoms with Crippen molar-refractivity contribution in [1.29, 1.82) is 0 Å². The standard InChI is InChI=1S/C11H17ClN4/c1-7-6-14-11(16-10(7)12)15-9-5-3-2-4-8(9)13/h6,8-9H,2-5,13H2,1H3,(H,14,15,16)/t8-,9-/m0/s1. The summed E-state index contributed by atoms with van der Waals surface area (Å²) in [6.07, 6.45) is 6.30. The van der Waals surface area contributed by atoms with E-state index in [9.17, 15) is 0 Å². The minimum Gasteiger partial charge on any atom is -0.350 e. The molecule has 0 spiro atoms. The molecule has 5 heteroatoms. The Bertz CT molecular complexity index is 369. The average molecular weight is 241 g/mol. The highest BCUT2D eigenvalue weighted by Crippen LogP contribution is 2.20. The van der Waals surface area contributed by atoms with E-state index in [-0.39, 0.29) is 12.1 Å². The Labute approximate surface area is 101 Å². The molecular weight excluding hydrogens is 224 g/mol. The Balaban J connectivity index is 2.05. The minimum atomic E-state index is 0.192. The van der Waals surface area contributed by atoms with Crippen molar-refractivity contribution in [2.75, 3.05) is 5.32 Å². The summed E-state index contributed by atoms with van der Waals surface area (Å²) in [5.41, 5.74) is 6.93. The molecule has 0 unspecified atom stereocenters. The quantitative estimate of drug-likeness (QED) is 0.778. The van der Waals surface area contributed by atoms with Crippen molar-refractivity contribution in [2.24, 2.45) is 5.73 Å². The van der Waals surface area contributed by atoms with Crippen molar-refractivity contribution in [3.63, 3.8) is 0 Å². The molecule has 0 bridgehead atoms. The minimum absolute atomic E-state index is 0.192. The van der Waals surface area contributed by atoms with Gasteiger partial charge in [-0.05, 0) is 19.8 Å². The van der Waals surface area contributed by atoms with Crippen molar-refractivity contribution in [3.05, 3.63) is 16.9 Å². The van der Waals surface area contributed by atoms with E-state index in [0.717, 1.165) is 18.4 Å². The van der Waals surface area contributed by atoms with Crippen molar-refractivity contribution >= 4 is 17.5 Å². The molecule has 2 rings (SSSR count). The second kappa shape index (κ2) is 4.97. The van der Waals surface area contributed by atoms with Gasteiger partial charge in [0.05, 0.1) is 0 Å². The van der Waals surface area contributed by atoms with Crippen LogP contribution in [0.2, 0.25) is 5.15 Å². The van der Waals surface area contributed by atoms with Gasteiger partial charge < -0.3 is 11.1 Å². The highest BCUT2D eigenvalue weighted by molar-refractivity contribution is 6.30. The van der Waals surface area contributed by atoms with Crippen LogP contribution in [-0.2, 0) is 0 Å². The van der Waals surface area contributed by atoms with Gasteiger partial charge in [0, 0.05) is 23.8 Å². The van der Waals surface area contributed by atoms with Gasteiger partial charge in [-0.1, -0.05) is 24.4 Å². The van der Waals surface area contributed by atoms with Gasteiger partial charge in [-0.25, -0.2) is 9.97 Å². The van der Waals surface area contributed by atoms with E-state index in [1.54, 1.807) is 6.20 Å². The zero-order valence-electron chi connectivity index (χ0n) is 9.41. The highest BCUT2D eigenvalue weighted by Gasteiger charge is 2.22. The highest BCUT2D eigenvalue weighted by atomic mass is 35.5. The molecule has 88 valence electrons.